The SMILES string of the molecule is CCC(NC(=O)N1CC(C)CC(C(=O)O)C1)c1nnc2n1CCCCC2. The predicted octanol–water partition coefficient (Wildman–Crippen LogP) is 2.21. The highest BCUT2D eigenvalue weighted by Gasteiger charge is 2.33. The lowest BCUT2D eigenvalue weighted by atomic mass is 9.91. The van der Waals surface area contributed by atoms with Crippen LogP contribution in [0.15, 0.2) is 0 Å². The lowest BCUT2D eigenvalue weighted by Crippen LogP contribution is -2.50. The largest absolute Gasteiger partial charge is 0.481 e. The van der Waals surface area contributed by atoms with Crippen molar-refractivity contribution < 1.29 is 14.7 Å². The second kappa shape index (κ2) is 8.05. The van der Waals surface area contributed by atoms with Gasteiger partial charge in [-0.2, -0.15) is 0 Å². The lowest BCUT2D eigenvalue weighted by Gasteiger charge is -2.35. The van der Waals surface area contributed by atoms with Crippen LogP contribution in [0.4, 0.5) is 4.79 Å². The second-order valence-electron chi connectivity index (χ2n) is 7.63. The molecule has 1 saturated heterocycles. The van der Waals surface area contributed by atoms with Gasteiger partial charge in [-0.15, -0.1) is 10.2 Å². The van der Waals surface area contributed by atoms with E-state index in [1.54, 1.807) is 4.90 Å². The maximum absolute atomic E-state index is 12.8. The van der Waals surface area contributed by atoms with Crippen molar-refractivity contribution in [2.45, 2.75) is 65.0 Å². The lowest BCUT2D eigenvalue weighted by molar-refractivity contribution is -0.143. The molecule has 1 aromatic heterocycles. The van der Waals surface area contributed by atoms with E-state index >= 15 is 0 Å². The molecule has 2 amide bonds. The number of hydrogen-bond donors (Lipinski definition) is 2. The highest BCUT2D eigenvalue weighted by molar-refractivity contribution is 5.77. The third-order valence-corrected chi connectivity index (χ3v) is 5.45. The smallest absolute Gasteiger partial charge is 0.318 e. The van der Waals surface area contributed by atoms with Gasteiger partial charge in [-0.05, 0) is 31.6 Å². The van der Waals surface area contributed by atoms with Crippen molar-refractivity contribution in [2.24, 2.45) is 11.8 Å². The van der Waals surface area contributed by atoms with Crippen molar-refractivity contribution >= 4 is 12.0 Å². The minimum atomic E-state index is -0.829. The molecule has 3 rings (SSSR count). The molecule has 3 atom stereocenters. The van der Waals surface area contributed by atoms with Gasteiger partial charge in [0, 0.05) is 26.1 Å². The number of carboxylic acid groups (broad SMARTS) is 1. The molecule has 8 nitrogen and oxygen atoms in total. The Morgan fingerprint density at radius 3 is 2.81 bits per heavy atom. The Morgan fingerprint density at radius 2 is 2.08 bits per heavy atom. The molecule has 144 valence electrons. The zero-order valence-electron chi connectivity index (χ0n) is 15.6. The van der Waals surface area contributed by atoms with Gasteiger partial charge in [0.2, 0.25) is 0 Å². The van der Waals surface area contributed by atoms with E-state index in [0.717, 1.165) is 43.9 Å². The number of nitrogens with one attached hydrogen (secondary N) is 1. The fourth-order valence-corrected chi connectivity index (χ4v) is 4.05. The van der Waals surface area contributed by atoms with E-state index in [-0.39, 0.29) is 24.5 Å². The quantitative estimate of drug-likeness (QED) is 0.854. The number of aliphatic carboxylic acids is 1. The van der Waals surface area contributed by atoms with Crippen LogP contribution < -0.4 is 5.32 Å². The highest BCUT2D eigenvalue weighted by atomic mass is 16.4. The zero-order chi connectivity index (χ0) is 18.7. The Labute approximate surface area is 154 Å². The average Bonchev–Trinajstić information content (AvgIpc) is 2.86. The van der Waals surface area contributed by atoms with Crippen molar-refractivity contribution in [2.75, 3.05) is 13.1 Å². The Kier molecular flexibility index (Phi) is 5.78. The number of carboxylic acids is 1. The summed E-state index contributed by atoms with van der Waals surface area (Å²) >= 11 is 0. The number of amides is 2. The first-order valence-electron chi connectivity index (χ1n) is 9.69. The van der Waals surface area contributed by atoms with Crippen LogP contribution in [0.5, 0.6) is 0 Å². The maximum atomic E-state index is 12.8. The summed E-state index contributed by atoms with van der Waals surface area (Å²) in [5.74, 6) is 0.679. The minimum Gasteiger partial charge on any atom is -0.481 e. The van der Waals surface area contributed by atoms with Gasteiger partial charge < -0.3 is 19.9 Å². The molecule has 0 aliphatic carbocycles. The van der Waals surface area contributed by atoms with Crippen molar-refractivity contribution in [3.8, 4) is 0 Å². The minimum absolute atomic E-state index is 0.181. The van der Waals surface area contributed by atoms with Crippen molar-refractivity contribution in [1.29, 1.82) is 0 Å². The number of likely N-dealkylation sites (tertiary alicyclic amines) is 1. The first-order chi connectivity index (χ1) is 12.5. The van der Waals surface area contributed by atoms with Gasteiger partial charge in [0.15, 0.2) is 5.82 Å². The molecule has 26 heavy (non-hydrogen) atoms. The van der Waals surface area contributed by atoms with Gasteiger partial charge in [0.05, 0.1) is 12.0 Å². The second-order valence-corrected chi connectivity index (χ2v) is 7.63. The molecule has 3 unspecified atom stereocenters. The van der Waals surface area contributed by atoms with E-state index in [4.69, 9.17) is 0 Å². The topological polar surface area (TPSA) is 100 Å². The molecule has 0 bridgehead atoms. The molecule has 0 radical (unpaired) electrons. The molecular weight excluding hydrogens is 334 g/mol. The Balaban J connectivity index is 1.71. The average molecular weight is 363 g/mol. The van der Waals surface area contributed by atoms with Crippen LogP contribution >= 0.6 is 0 Å². The molecule has 0 saturated carbocycles. The molecule has 3 heterocycles. The Morgan fingerprint density at radius 1 is 1.27 bits per heavy atom. The van der Waals surface area contributed by atoms with Crippen LogP contribution in [-0.4, -0.2) is 49.9 Å². The number of aryl methyl sites for hydroxylation is 1. The normalized spacial score (nSPS) is 24.5. The summed E-state index contributed by atoms with van der Waals surface area (Å²) in [5, 5.41) is 21.0. The Hall–Kier alpha value is -2.12. The van der Waals surface area contributed by atoms with Crippen molar-refractivity contribution in [1.82, 2.24) is 25.0 Å². The number of urea groups is 1. The number of fused-ring (bicyclic) bond motifs is 1. The van der Waals surface area contributed by atoms with Crippen LogP contribution in [0.3, 0.4) is 0 Å². The van der Waals surface area contributed by atoms with E-state index in [0.29, 0.717) is 13.0 Å². The van der Waals surface area contributed by atoms with E-state index in [9.17, 15) is 14.7 Å². The highest BCUT2D eigenvalue weighted by Crippen LogP contribution is 2.24. The third kappa shape index (κ3) is 3.99. The fourth-order valence-electron chi connectivity index (χ4n) is 4.05. The van der Waals surface area contributed by atoms with Gasteiger partial charge in [-0.3, -0.25) is 4.79 Å². The molecule has 0 spiro atoms. The van der Waals surface area contributed by atoms with Crippen LogP contribution in [0.25, 0.3) is 0 Å². The number of carbonyl (C=O) groups is 2. The van der Waals surface area contributed by atoms with E-state index in [1.807, 2.05) is 13.8 Å². The predicted molar refractivity (Wildman–Crippen MR) is 95.6 cm³/mol. The number of carbonyl (C=O) groups excluding carboxylic acids is 1. The number of aromatic nitrogens is 3. The first kappa shape index (κ1) is 18.7. The number of nitrogens with zero attached hydrogens (tertiary/aromatic N) is 4. The zero-order valence-corrected chi connectivity index (χ0v) is 15.6. The van der Waals surface area contributed by atoms with Crippen LogP contribution in [0, 0.1) is 11.8 Å². The molecule has 2 aliphatic rings. The molecule has 2 aliphatic heterocycles. The third-order valence-electron chi connectivity index (χ3n) is 5.45. The summed E-state index contributed by atoms with van der Waals surface area (Å²) in [6.07, 6.45) is 5.69. The summed E-state index contributed by atoms with van der Waals surface area (Å²) in [5.41, 5.74) is 0. The van der Waals surface area contributed by atoms with E-state index < -0.39 is 11.9 Å². The van der Waals surface area contributed by atoms with Gasteiger partial charge in [0.1, 0.15) is 5.82 Å². The summed E-state index contributed by atoms with van der Waals surface area (Å²) < 4.78 is 2.15. The first-order valence-corrected chi connectivity index (χ1v) is 9.69. The monoisotopic (exact) mass is 363 g/mol. The van der Waals surface area contributed by atoms with Crippen LogP contribution in [0.1, 0.15) is 63.6 Å². The standard InChI is InChI=1S/C18H29N5O3/c1-3-14(16-21-20-15-7-5-4-6-8-23(15)16)19-18(26)22-10-12(2)9-13(11-22)17(24)25/h12-14H,3-11H2,1-2H3,(H,19,26)(H,24,25). The summed E-state index contributed by atoms with van der Waals surface area (Å²) in [6, 6.07) is -0.414. The van der Waals surface area contributed by atoms with Gasteiger partial charge in [-0.1, -0.05) is 20.3 Å². The Bertz CT molecular complexity index is 659. The summed E-state index contributed by atoms with van der Waals surface area (Å²) in [6.45, 7) is 5.75. The summed E-state index contributed by atoms with van der Waals surface area (Å²) in [7, 11) is 0. The molecular formula is C18H29N5O3. The van der Waals surface area contributed by atoms with Gasteiger partial charge >= 0.3 is 12.0 Å². The number of piperidine rings is 1. The summed E-state index contributed by atoms with van der Waals surface area (Å²) in [4.78, 5) is 25.8. The fraction of sp³-hybridized carbons (Fsp3) is 0.778. The molecule has 1 aromatic rings. The molecule has 0 aromatic carbocycles. The number of rotatable bonds is 4. The van der Waals surface area contributed by atoms with Crippen molar-refractivity contribution in [3.63, 3.8) is 0 Å². The molecule has 2 N–H and O–H groups in total. The number of hydrogen-bond acceptors (Lipinski definition) is 4. The molecule has 1 fully saturated rings. The van der Waals surface area contributed by atoms with Gasteiger partial charge in [-0.25, -0.2) is 4.79 Å². The maximum Gasteiger partial charge on any atom is 0.318 e. The molecule has 8 heteroatoms. The van der Waals surface area contributed by atoms with Crippen LogP contribution in [-0.2, 0) is 17.8 Å². The van der Waals surface area contributed by atoms with Gasteiger partial charge in [0.25, 0.3) is 0 Å². The van der Waals surface area contributed by atoms with Crippen molar-refractivity contribution in [3.05, 3.63) is 11.6 Å². The van der Waals surface area contributed by atoms with E-state index in [2.05, 4.69) is 20.1 Å². The van der Waals surface area contributed by atoms with E-state index in [1.165, 1.54) is 6.42 Å². The van der Waals surface area contributed by atoms with Crippen LogP contribution in [0.2, 0.25) is 0 Å².